The second kappa shape index (κ2) is 4.87. The number of aromatic nitrogens is 2. The third-order valence-corrected chi connectivity index (χ3v) is 4.83. The van der Waals surface area contributed by atoms with Crippen LogP contribution < -0.4 is 4.90 Å². The minimum atomic E-state index is 0.441. The predicted molar refractivity (Wildman–Crippen MR) is 83.2 cm³/mol. The van der Waals surface area contributed by atoms with Crippen LogP contribution in [0.25, 0.3) is 10.2 Å². The largest absolute Gasteiger partial charge is 0.348 e. The Bertz CT molecular complexity index is 723. The van der Waals surface area contributed by atoms with Crippen LogP contribution >= 0.6 is 11.3 Å². The number of fused-ring (bicyclic) bond motifs is 1. The second-order valence-corrected chi connectivity index (χ2v) is 6.01. The number of thiophene rings is 1. The molecule has 0 bridgehead atoms. The van der Waals surface area contributed by atoms with E-state index < -0.39 is 0 Å². The molecule has 4 rings (SSSR count). The SMILES string of the molecule is c1ccc(C2CCCN2c2ncnc3ccsc23)cc1. The lowest BCUT2D eigenvalue weighted by Gasteiger charge is -2.26. The molecule has 1 atom stereocenters. The standard InChI is InChI=1S/C16H15N3S/c1-2-5-12(6-3-1)14-7-4-9-19(14)16-15-13(8-10-20-15)17-11-18-16/h1-3,5-6,8,10-11,14H,4,7,9H2. The van der Waals surface area contributed by atoms with Gasteiger partial charge in [0.1, 0.15) is 6.33 Å². The number of anilines is 1. The van der Waals surface area contributed by atoms with Gasteiger partial charge in [-0.15, -0.1) is 11.3 Å². The molecule has 4 heteroatoms. The molecule has 100 valence electrons. The maximum absolute atomic E-state index is 4.56. The van der Waals surface area contributed by atoms with E-state index in [-0.39, 0.29) is 0 Å². The summed E-state index contributed by atoms with van der Waals surface area (Å²) in [6, 6.07) is 13.3. The normalized spacial score (nSPS) is 18.8. The first-order valence-electron chi connectivity index (χ1n) is 6.93. The average molecular weight is 281 g/mol. The van der Waals surface area contributed by atoms with Gasteiger partial charge in [0.05, 0.1) is 16.3 Å². The van der Waals surface area contributed by atoms with Gasteiger partial charge >= 0.3 is 0 Å². The van der Waals surface area contributed by atoms with Crippen molar-refractivity contribution in [3.05, 3.63) is 53.7 Å². The molecule has 0 spiro atoms. The Morgan fingerprint density at radius 1 is 1.10 bits per heavy atom. The molecule has 3 nitrogen and oxygen atoms in total. The van der Waals surface area contributed by atoms with Crippen molar-refractivity contribution in [1.29, 1.82) is 0 Å². The van der Waals surface area contributed by atoms with Crippen LogP contribution in [0.15, 0.2) is 48.1 Å². The van der Waals surface area contributed by atoms with Gasteiger partial charge in [0.25, 0.3) is 0 Å². The van der Waals surface area contributed by atoms with Gasteiger partial charge < -0.3 is 4.90 Å². The van der Waals surface area contributed by atoms with Gasteiger partial charge in [-0.3, -0.25) is 0 Å². The van der Waals surface area contributed by atoms with Crippen molar-refractivity contribution >= 4 is 27.4 Å². The summed E-state index contributed by atoms with van der Waals surface area (Å²) in [6.45, 7) is 1.07. The zero-order valence-corrected chi connectivity index (χ0v) is 11.9. The number of benzene rings is 1. The van der Waals surface area contributed by atoms with E-state index in [0.717, 1.165) is 17.9 Å². The molecule has 3 heterocycles. The lowest BCUT2D eigenvalue weighted by Crippen LogP contribution is -2.23. The third-order valence-electron chi connectivity index (χ3n) is 3.93. The van der Waals surface area contributed by atoms with Crippen LogP contribution in [-0.4, -0.2) is 16.5 Å². The first-order chi connectivity index (χ1) is 9.93. The van der Waals surface area contributed by atoms with E-state index in [1.54, 1.807) is 17.7 Å². The van der Waals surface area contributed by atoms with E-state index in [1.165, 1.54) is 23.1 Å². The van der Waals surface area contributed by atoms with E-state index in [1.807, 2.05) is 0 Å². The number of hydrogen-bond acceptors (Lipinski definition) is 4. The summed E-state index contributed by atoms with van der Waals surface area (Å²) in [4.78, 5) is 11.3. The fraction of sp³-hybridized carbons (Fsp3) is 0.250. The van der Waals surface area contributed by atoms with Crippen LogP contribution in [0.5, 0.6) is 0 Å². The van der Waals surface area contributed by atoms with Gasteiger partial charge in [0, 0.05) is 6.54 Å². The number of nitrogens with zero attached hydrogens (tertiary/aromatic N) is 3. The highest BCUT2D eigenvalue weighted by Crippen LogP contribution is 2.38. The fourth-order valence-electron chi connectivity index (χ4n) is 3.02. The molecular weight excluding hydrogens is 266 g/mol. The Morgan fingerprint density at radius 2 is 2.00 bits per heavy atom. The molecule has 0 saturated carbocycles. The molecule has 0 N–H and O–H groups in total. The van der Waals surface area contributed by atoms with Gasteiger partial charge in [-0.2, -0.15) is 0 Å². The minimum Gasteiger partial charge on any atom is -0.348 e. The first kappa shape index (κ1) is 11.9. The monoisotopic (exact) mass is 281 g/mol. The van der Waals surface area contributed by atoms with E-state index in [0.29, 0.717) is 6.04 Å². The zero-order chi connectivity index (χ0) is 13.4. The summed E-state index contributed by atoms with van der Waals surface area (Å²) in [6.07, 6.45) is 4.10. The van der Waals surface area contributed by atoms with Crippen molar-refractivity contribution in [2.45, 2.75) is 18.9 Å². The lowest BCUT2D eigenvalue weighted by molar-refractivity contribution is 0.713. The molecule has 0 amide bonds. The number of hydrogen-bond donors (Lipinski definition) is 0. The molecule has 1 aromatic carbocycles. The van der Waals surface area contributed by atoms with Gasteiger partial charge in [0.2, 0.25) is 0 Å². The Morgan fingerprint density at radius 3 is 2.90 bits per heavy atom. The smallest absolute Gasteiger partial charge is 0.150 e. The summed E-state index contributed by atoms with van der Waals surface area (Å²) < 4.78 is 1.20. The maximum Gasteiger partial charge on any atom is 0.150 e. The summed E-state index contributed by atoms with van der Waals surface area (Å²) >= 11 is 1.73. The average Bonchev–Trinajstić information content (AvgIpc) is 3.16. The molecule has 2 aromatic heterocycles. The van der Waals surface area contributed by atoms with E-state index in [9.17, 15) is 0 Å². The number of rotatable bonds is 2. The Balaban J connectivity index is 1.79. The maximum atomic E-state index is 4.56. The van der Waals surface area contributed by atoms with Crippen LogP contribution in [0.2, 0.25) is 0 Å². The topological polar surface area (TPSA) is 29.0 Å². The highest BCUT2D eigenvalue weighted by molar-refractivity contribution is 7.17. The molecule has 1 aliphatic heterocycles. The van der Waals surface area contributed by atoms with E-state index >= 15 is 0 Å². The van der Waals surface area contributed by atoms with Crippen LogP contribution in [0.3, 0.4) is 0 Å². The molecule has 1 saturated heterocycles. The van der Waals surface area contributed by atoms with Gasteiger partial charge in [-0.05, 0) is 29.9 Å². The molecule has 20 heavy (non-hydrogen) atoms. The third kappa shape index (κ3) is 1.88. The summed E-state index contributed by atoms with van der Waals surface area (Å²) in [5.74, 6) is 1.09. The van der Waals surface area contributed by atoms with Crippen molar-refractivity contribution < 1.29 is 0 Å². The van der Waals surface area contributed by atoms with Crippen LogP contribution in [0.4, 0.5) is 5.82 Å². The molecule has 1 unspecified atom stereocenters. The summed E-state index contributed by atoms with van der Waals surface area (Å²) in [5, 5.41) is 2.09. The highest BCUT2D eigenvalue weighted by Gasteiger charge is 2.28. The molecule has 1 aliphatic rings. The predicted octanol–water partition coefficient (Wildman–Crippen LogP) is 4.03. The molecule has 0 radical (unpaired) electrons. The van der Waals surface area contributed by atoms with Crippen molar-refractivity contribution in [2.24, 2.45) is 0 Å². The van der Waals surface area contributed by atoms with E-state index in [2.05, 4.69) is 56.6 Å². The van der Waals surface area contributed by atoms with Crippen molar-refractivity contribution in [3.8, 4) is 0 Å². The lowest BCUT2D eigenvalue weighted by atomic mass is 10.0. The van der Waals surface area contributed by atoms with Crippen LogP contribution in [-0.2, 0) is 0 Å². The molecule has 1 fully saturated rings. The zero-order valence-electron chi connectivity index (χ0n) is 11.1. The van der Waals surface area contributed by atoms with Gasteiger partial charge in [0.15, 0.2) is 5.82 Å². The Hall–Kier alpha value is -1.94. The second-order valence-electron chi connectivity index (χ2n) is 5.09. The summed E-state index contributed by atoms with van der Waals surface area (Å²) in [7, 11) is 0. The van der Waals surface area contributed by atoms with Gasteiger partial charge in [-0.1, -0.05) is 30.3 Å². The first-order valence-corrected chi connectivity index (χ1v) is 7.81. The fourth-order valence-corrected chi connectivity index (χ4v) is 3.87. The van der Waals surface area contributed by atoms with Gasteiger partial charge in [-0.25, -0.2) is 9.97 Å². The van der Waals surface area contributed by atoms with Crippen molar-refractivity contribution in [3.63, 3.8) is 0 Å². The van der Waals surface area contributed by atoms with Crippen LogP contribution in [0.1, 0.15) is 24.4 Å². The molecule has 3 aromatic rings. The minimum absolute atomic E-state index is 0.441. The van der Waals surface area contributed by atoms with E-state index in [4.69, 9.17) is 0 Å². The molecule has 0 aliphatic carbocycles. The summed E-state index contributed by atoms with van der Waals surface area (Å²) in [5.41, 5.74) is 2.44. The van der Waals surface area contributed by atoms with Crippen LogP contribution in [0, 0.1) is 0 Å². The Labute approximate surface area is 121 Å². The molecular formula is C16H15N3S. The highest BCUT2D eigenvalue weighted by atomic mass is 32.1. The van der Waals surface area contributed by atoms with Crippen molar-refractivity contribution in [2.75, 3.05) is 11.4 Å². The Kier molecular flexibility index (Phi) is 2.89. The van der Waals surface area contributed by atoms with Crippen molar-refractivity contribution in [1.82, 2.24) is 9.97 Å². The quantitative estimate of drug-likeness (QED) is 0.710.